The summed E-state index contributed by atoms with van der Waals surface area (Å²) in [7, 11) is -1.89. The molecule has 0 radical (unpaired) electrons. The van der Waals surface area contributed by atoms with E-state index in [1.54, 1.807) is 31.4 Å². The van der Waals surface area contributed by atoms with Gasteiger partial charge in [0, 0.05) is 49.3 Å². The van der Waals surface area contributed by atoms with E-state index in [-0.39, 0.29) is 0 Å². The summed E-state index contributed by atoms with van der Waals surface area (Å²) in [5, 5.41) is 0.806. The molecule has 1 aliphatic rings. The van der Waals surface area contributed by atoms with Crippen molar-refractivity contribution in [3.63, 3.8) is 0 Å². The number of ether oxygens (including phenoxy) is 1. The van der Waals surface area contributed by atoms with Gasteiger partial charge in [-0.05, 0) is 28.1 Å². The predicted molar refractivity (Wildman–Crippen MR) is 95.7 cm³/mol. The number of rotatable bonds is 5. The summed E-state index contributed by atoms with van der Waals surface area (Å²) in [5.41, 5.74) is 0. The SMILES string of the molecule is COCc1nsc(N2CCN(S(=O)(=O)c3ccccc3Br)CC2)n1. The van der Waals surface area contributed by atoms with Crippen molar-refractivity contribution in [1.82, 2.24) is 13.7 Å². The molecule has 10 heteroatoms. The van der Waals surface area contributed by atoms with Gasteiger partial charge < -0.3 is 9.64 Å². The van der Waals surface area contributed by atoms with Gasteiger partial charge in [-0.1, -0.05) is 12.1 Å². The minimum atomic E-state index is -3.49. The molecule has 1 aromatic heterocycles. The maximum atomic E-state index is 12.8. The average molecular weight is 433 g/mol. The third-order valence-corrected chi connectivity index (χ3v) is 7.42. The minimum absolute atomic E-state index is 0.303. The van der Waals surface area contributed by atoms with Gasteiger partial charge in [0.05, 0.1) is 4.90 Å². The maximum absolute atomic E-state index is 12.8. The molecule has 0 bridgehead atoms. The molecule has 0 atom stereocenters. The van der Waals surface area contributed by atoms with Crippen LogP contribution in [0.25, 0.3) is 0 Å². The van der Waals surface area contributed by atoms with Crippen molar-refractivity contribution in [2.45, 2.75) is 11.5 Å². The molecule has 0 spiro atoms. The molecule has 1 saturated heterocycles. The lowest BCUT2D eigenvalue weighted by molar-refractivity contribution is 0.179. The molecule has 0 unspecified atom stereocenters. The fraction of sp³-hybridized carbons (Fsp3) is 0.429. The first kappa shape index (κ1) is 17.7. The second kappa shape index (κ2) is 7.44. The zero-order valence-electron chi connectivity index (χ0n) is 13.1. The van der Waals surface area contributed by atoms with Gasteiger partial charge in [0.25, 0.3) is 0 Å². The Morgan fingerprint density at radius 1 is 1.25 bits per heavy atom. The summed E-state index contributed by atoms with van der Waals surface area (Å²) < 4.78 is 36.9. The third-order valence-electron chi connectivity index (χ3n) is 3.69. The van der Waals surface area contributed by atoms with Gasteiger partial charge in [-0.3, -0.25) is 0 Å². The highest BCUT2D eigenvalue weighted by Crippen LogP contribution is 2.26. The number of sulfonamides is 1. The van der Waals surface area contributed by atoms with Crippen LogP contribution in [0, 0.1) is 0 Å². The Morgan fingerprint density at radius 3 is 2.62 bits per heavy atom. The van der Waals surface area contributed by atoms with Gasteiger partial charge in [-0.15, -0.1) is 0 Å². The van der Waals surface area contributed by atoms with Crippen molar-refractivity contribution in [3.8, 4) is 0 Å². The monoisotopic (exact) mass is 432 g/mol. The molecule has 0 saturated carbocycles. The van der Waals surface area contributed by atoms with Crippen molar-refractivity contribution in [1.29, 1.82) is 0 Å². The molecule has 1 aliphatic heterocycles. The standard InChI is InChI=1S/C14H17BrN4O3S2/c1-22-10-13-16-14(23-17-13)18-6-8-19(9-7-18)24(20,21)12-5-3-2-4-11(12)15/h2-5H,6-10H2,1H3. The van der Waals surface area contributed by atoms with Gasteiger partial charge in [0.15, 0.2) is 5.82 Å². The van der Waals surface area contributed by atoms with Crippen LogP contribution in [-0.2, 0) is 21.4 Å². The van der Waals surface area contributed by atoms with Crippen LogP contribution in [-0.4, -0.2) is 55.4 Å². The predicted octanol–water partition coefficient (Wildman–Crippen LogP) is 1.96. The van der Waals surface area contributed by atoms with Crippen LogP contribution < -0.4 is 4.90 Å². The van der Waals surface area contributed by atoms with E-state index in [1.807, 2.05) is 0 Å². The molecular formula is C14H17BrN4O3S2. The van der Waals surface area contributed by atoms with E-state index in [2.05, 4.69) is 30.2 Å². The van der Waals surface area contributed by atoms with Gasteiger partial charge >= 0.3 is 0 Å². The Labute approximate surface area is 153 Å². The normalized spacial score (nSPS) is 16.5. The molecule has 24 heavy (non-hydrogen) atoms. The average Bonchev–Trinajstić information content (AvgIpc) is 3.04. The first-order valence-corrected chi connectivity index (χ1v) is 10.3. The number of aromatic nitrogens is 2. The van der Waals surface area contributed by atoms with Crippen LogP contribution in [0.5, 0.6) is 0 Å². The van der Waals surface area contributed by atoms with Gasteiger partial charge in [-0.2, -0.15) is 8.68 Å². The number of anilines is 1. The molecule has 1 aromatic carbocycles. The van der Waals surface area contributed by atoms with Crippen molar-refractivity contribution in [3.05, 3.63) is 34.6 Å². The molecule has 2 heterocycles. The zero-order valence-corrected chi connectivity index (χ0v) is 16.3. The Hall–Kier alpha value is -1.07. The zero-order chi connectivity index (χ0) is 17.2. The maximum Gasteiger partial charge on any atom is 0.244 e. The number of hydrogen-bond donors (Lipinski definition) is 0. The lowest BCUT2D eigenvalue weighted by Gasteiger charge is -2.33. The van der Waals surface area contributed by atoms with E-state index in [0.29, 0.717) is 48.0 Å². The van der Waals surface area contributed by atoms with Crippen LogP contribution in [0.3, 0.4) is 0 Å². The fourth-order valence-electron chi connectivity index (χ4n) is 2.47. The van der Waals surface area contributed by atoms with Crippen molar-refractivity contribution >= 4 is 42.6 Å². The summed E-state index contributed by atoms with van der Waals surface area (Å²) in [6.07, 6.45) is 0. The number of methoxy groups -OCH3 is 1. The first-order valence-electron chi connectivity index (χ1n) is 7.33. The van der Waals surface area contributed by atoms with E-state index < -0.39 is 10.0 Å². The number of hydrogen-bond acceptors (Lipinski definition) is 7. The highest BCUT2D eigenvalue weighted by atomic mass is 79.9. The topological polar surface area (TPSA) is 75.6 Å². The summed E-state index contributed by atoms with van der Waals surface area (Å²) in [5.74, 6) is 0.653. The van der Waals surface area contributed by atoms with Crippen molar-refractivity contribution in [2.24, 2.45) is 0 Å². The summed E-state index contributed by atoms with van der Waals surface area (Å²) >= 11 is 4.63. The molecule has 0 aliphatic carbocycles. The molecule has 2 aromatic rings. The summed E-state index contributed by atoms with van der Waals surface area (Å²) in [4.78, 5) is 6.78. The largest absolute Gasteiger partial charge is 0.377 e. The van der Waals surface area contributed by atoms with Crippen LogP contribution in [0.1, 0.15) is 5.82 Å². The van der Waals surface area contributed by atoms with E-state index in [0.717, 1.165) is 5.13 Å². The van der Waals surface area contributed by atoms with Crippen LogP contribution >= 0.6 is 27.5 Å². The highest BCUT2D eigenvalue weighted by molar-refractivity contribution is 9.10. The molecule has 130 valence electrons. The Morgan fingerprint density at radius 2 is 1.96 bits per heavy atom. The minimum Gasteiger partial charge on any atom is -0.377 e. The quantitative estimate of drug-likeness (QED) is 0.718. The highest BCUT2D eigenvalue weighted by Gasteiger charge is 2.30. The Balaban J connectivity index is 1.69. The molecule has 7 nitrogen and oxygen atoms in total. The van der Waals surface area contributed by atoms with Gasteiger partial charge in [-0.25, -0.2) is 13.4 Å². The van der Waals surface area contributed by atoms with Gasteiger partial charge in [0.1, 0.15) is 6.61 Å². The van der Waals surface area contributed by atoms with Crippen LogP contribution in [0.15, 0.2) is 33.6 Å². The third kappa shape index (κ3) is 3.62. The summed E-state index contributed by atoms with van der Waals surface area (Å²) in [6, 6.07) is 6.88. The van der Waals surface area contributed by atoms with E-state index in [1.165, 1.54) is 15.8 Å². The molecule has 1 fully saturated rings. The lowest BCUT2D eigenvalue weighted by Crippen LogP contribution is -2.48. The van der Waals surface area contributed by atoms with Crippen molar-refractivity contribution in [2.75, 3.05) is 38.2 Å². The fourth-order valence-corrected chi connectivity index (χ4v) is 5.58. The smallest absolute Gasteiger partial charge is 0.244 e. The molecule has 0 amide bonds. The first-order chi connectivity index (χ1) is 11.5. The second-order valence-electron chi connectivity index (χ2n) is 5.25. The van der Waals surface area contributed by atoms with Crippen molar-refractivity contribution < 1.29 is 13.2 Å². The summed E-state index contributed by atoms with van der Waals surface area (Å²) in [6.45, 7) is 2.40. The van der Waals surface area contributed by atoms with Gasteiger partial charge in [0.2, 0.25) is 15.2 Å². The van der Waals surface area contributed by atoms with E-state index in [9.17, 15) is 8.42 Å². The Kier molecular flexibility index (Phi) is 5.50. The molecular weight excluding hydrogens is 416 g/mol. The van der Waals surface area contributed by atoms with Crippen LogP contribution in [0.2, 0.25) is 0 Å². The lowest BCUT2D eigenvalue weighted by atomic mass is 10.4. The van der Waals surface area contributed by atoms with E-state index in [4.69, 9.17) is 4.74 Å². The number of halogens is 1. The number of piperazine rings is 1. The number of nitrogens with zero attached hydrogens (tertiary/aromatic N) is 4. The Bertz CT molecular complexity index is 804. The second-order valence-corrected chi connectivity index (χ2v) is 8.74. The van der Waals surface area contributed by atoms with E-state index >= 15 is 0 Å². The number of benzene rings is 1. The molecule has 3 rings (SSSR count). The molecule has 0 N–H and O–H groups in total. The van der Waals surface area contributed by atoms with Crippen LogP contribution in [0.4, 0.5) is 5.13 Å².